The van der Waals surface area contributed by atoms with E-state index in [4.69, 9.17) is 0 Å². The second-order valence-corrected chi connectivity index (χ2v) is 2.92. The smallest absolute Gasteiger partial charge is 0.387 e. The summed E-state index contributed by atoms with van der Waals surface area (Å²) in [5, 5.41) is 10.3. The number of halogens is 3. The molecule has 0 spiro atoms. The lowest BCUT2D eigenvalue weighted by molar-refractivity contribution is -0.386. The summed E-state index contributed by atoms with van der Waals surface area (Å²) in [4.78, 5) is 13.0. The Morgan fingerprint density at radius 3 is 2.79 bits per heavy atom. The molecule has 0 unspecified atom stereocenters. The Hall–Kier alpha value is -1.31. The Morgan fingerprint density at radius 1 is 1.64 bits per heavy atom. The zero-order valence-electron chi connectivity index (χ0n) is 6.49. The molecule has 0 radical (unpaired) electrons. The Morgan fingerprint density at radius 2 is 2.29 bits per heavy atom. The van der Waals surface area contributed by atoms with Crippen molar-refractivity contribution >= 4 is 21.6 Å². The van der Waals surface area contributed by atoms with Gasteiger partial charge < -0.3 is 4.74 Å². The minimum Gasteiger partial charge on any atom is -0.427 e. The van der Waals surface area contributed by atoms with Crippen LogP contribution < -0.4 is 4.74 Å². The van der Waals surface area contributed by atoms with E-state index >= 15 is 0 Å². The fourth-order valence-corrected chi connectivity index (χ4v) is 1.04. The van der Waals surface area contributed by atoms with Crippen molar-refractivity contribution in [1.29, 1.82) is 0 Å². The second-order valence-electron chi connectivity index (χ2n) is 2.11. The van der Waals surface area contributed by atoms with Crippen LogP contribution in [0.4, 0.5) is 14.5 Å². The number of rotatable bonds is 3. The summed E-state index contributed by atoms with van der Waals surface area (Å²) in [6.45, 7) is -3.11. The van der Waals surface area contributed by atoms with Crippen LogP contribution in [-0.4, -0.2) is 16.5 Å². The highest BCUT2D eigenvalue weighted by atomic mass is 79.9. The quantitative estimate of drug-likeness (QED) is 0.480. The largest absolute Gasteiger partial charge is 0.427 e. The molecule has 0 atom stereocenters. The van der Waals surface area contributed by atoms with E-state index in [2.05, 4.69) is 25.7 Å². The Labute approximate surface area is 85.0 Å². The lowest BCUT2D eigenvalue weighted by atomic mass is 10.4. The molecule has 76 valence electrons. The van der Waals surface area contributed by atoms with Gasteiger partial charge >= 0.3 is 12.3 Å². The van der Waals surface area contributed by atoms with Crippen molar-refractivity contribution in [3.05, 3.63) is 27.0 Å². The summed E-state index contributed by atoms with van der Waals surface area (Å²) in [6.07, 6.45) is 0.835. The van der Waals surface area contributed by atoms with E-state index in [-0.39, 0.29) is 4.60 Å². The highest BCUT2D eigenvalue weighted by molar-refractivity contribution is 9.10. The van der Waals surface area contributed by atoms with E-state index in [1.165, 1.54) is 0 Å². The van der Waals surface area contributed by atoms with Crippen LogP contribution in [0.15, 0.2) is 16.9 Å². The monoisotopic (exact) mass is 268 g/mol. The number of alkyl halides is 2. The zero-order chi connectivity index (χ0) is 10.7. The third-order valence-electron chi connectivity index (χ3n) is 1.23. The molecule has 0 saturated carbocycles. The fraction of sp³-hybridized carbons (Fsp3) is 0.167. The third kappa shape index (κ3) is 2.59. The topological polar surface area (TPSA) is 65.3 Å². The van der Waals surface area contributed by atoms with Gasteiger partial charge in [0.05, 0.1) is 4.92 Å². The van der Waals surface area contributed by atoms with Crippen molar-refractivity contribution in [2.45, 2.75) is 6.61 Å². The molecule has 1 aromatic rings. The Bertz CT molecular complexity index is 361. The molecule has 1 aromatic heterocycles. The molecule has 14 heavy (non-hydrogen) atoms. The van der Waals surface area contributed by atoms with Crippen LogP contribution in [-0.2, 0) is 0 Å². The van der Waals surface area contributed by atoms with E-state index in [1.54, 1.807) is 0 Å². The molecule has 0 aliphatic heterocycles. The van der Waals surface area contributed by atoms with Crippen LogP contribution in [0.3, 0.4) is 0 Å². The van der Waals surface area contributed by atoms with E-state index < -0.39 is 23.0 Å². The Balaban J connectivity index is 3.09. The highest BCUT2D eigenvalue weighted by Crippen LogP contribution is 2.29. The predicted molar refractivity (Wildman–Crippen MR) is 45.2 cm³/mol. The number of aromatic nitrogens is 1. The van der Waals surface area contributed by atoms with Gasteiger partial charge in [-0.15, -0.1) is 0 Å². The van der Waals surface area contributed by atoms with Gasteiger partial charge in [0.15, 0.2) is 0 Å². The minimum absolute atomic E-state index is 0.179. The van der Waals surface area contributed by atoms with Crippen molar-refractivity contribution in [3.8, 4) is 5.75 Å². The van der Waals surface area contributed by atoms with E-state index in [0.29, 0.717) is 0 Å². The van der Waals surface area contributed by atoms with Crippen LogP contribution in [0.2, 0.25) is 0 Å². The molecular weight excluding hydrogens is 266 g/mol. The van der Waals surface area contributed by atoms with Gasteiger partial charge in [0.25, 0.3) is 0 Å². The van der Waals surface area contributed by atoms with Gasteiger partial charge in [-0.1, -0.05) is 0 Å². The standard InChI is InChI=1S/C6H3BrF2N2O3/c7-5-1-4(14-6(8)9)3(2-10-5)11(12)13/h1-2,6H. The van der Waals surface area contributed by atoms with Crippen molar-refractivity contribution in [2.75, 3.05) is 0 Å². The van der Waals surface area contributed by atoms with Crippen LogP contribution in [0.1, 0.15) is 0 Å². The van der Waals surface area contributed by atoms with Crippen molar-refractivity contribution < 1.29 is 18.4 Å². The molecule has 5 nitrogen and oxygen atoms in total. The number of pyridine rings is 1. The summed E-state index contributed by atoms with van der Waals surface area (Å²) in [5.74, 6) is -0.521. The summed E-state index contributed by atoms with van der Waals surface area (Å²) in [5.41, 5.74) is -0.603. The molecular formula is C6H3BrF2N2O3. The molecule has 1 heterocycles. The van der Waals surface area contributed by atoms with E-state index in [9.17, 15) is 18.9 Å². The molecule has 8 heteroatoms. The van der Waals surface area contributed by atoms with Crippen molar-refractivity contribution in [2.24, 2.45) is 0 Å². The number of nitrogens with zero attached hydrogens (tertiary/aromatic N) is 2. The normalized spacial score (nSPS) is 10.3. The maximum atomic E-state index is 11.8. The number of hydrogen-bond acceptors (Lipinski definition) is 4. The first-order chi connectivity index (χ1) is 6.50. The molecule has 0 aromatic carbocycles. The van der Waals surface area contributed by atoms with E-state index in [1.807, 2.05) is 0 Å². The van der Waals surface area contributed by atoms with Gasteiger partial charge in [-0.3, -0.25) is 10.1 Å². The fourth-order valence-electron chi connectivity index (χ4n) is 0.733. The molecule has 1 rings (SSSR count). The summed E-state index contributed by atoms with van der Waals surface area (Å²) < 4.78 is 27.8. The highest BCUT2D eigenvalue weighted by Gasteiger charge is 2.19. The SMILES string of the molecule is O=[N+]([O-])c1cnc(Br)cc1OC(F)F. The number of nitro groups is 1. The lowest BCUT2D eigenvalue weighted by Gasteiger charge is -2.04. The summed E-state index contributed by atoms with van der Waals surface area (Å²) >= 11 is 2.88. The van der Waals surface area contributed by atoms with Crippen LogP contribution in [0.25, 0.3) is 0 Å². The average Bonchev–Trinajstić information content (AvgIpc) is 2.01. The Kier molecular flexibility index (Phi) is 3.28. The first-order valence-electron chi connectivity index (χ1n) is 3.25. The van der Waals surface area contributed by atoms with Gasteiger partial charge in [0.2, 0.25) is 5.75 Å². The molecule has 0 fully saturated rings. The molecule has 0 amide bonds. The van der Waals surface area contributed by atoms with Gasteiger partial charge in [0.1, 0.15) is 10.8 Å². The van der Waals surface area contributed by atoms with Gasteiger partial charge in [0, 0.05) is 6.07 Å². The molecule has 0 saturated heterocycles. The third-order valence-corrected chi connectivity index (χ3v) is 1.66. The summed E-state index contributed by atoms with van der Waals surface area (Å²) in [7, 11) is 0. The maximum absolute atomic E-state index is 11.8. The predicted octanol–water partition coefficient (Wildman–Crippen LogP) is 2.35. The molecule has 0 aliphatic carbocycles. The first kappa shape index (κ1) is 10.8. The number of hydrogen-bond donors (Lipinski definition) is 0. The van der Waals surface area contributed by atoms with Gasteiger partial charge in [-0.05, 0) is 15.9 Å². The summed E-state index contributed by atoms with van der Waals surface area (Å²) in [6, 6.07) is 1.00. The van der Waals surface area contributed by atoms with Gasteiger partial charge in [-0.2, -0.15) is 8.78 Å². The zero-order valence-corrected chi connectivity index (χ0v) is 8.07. The average molecular weight is 269 g/mol. The van der Waals surface area contributed by atoms with Crippen LogP contribution in [0, 0.1) is 10.1 Å². The second kappa shape index (κ2) is 4.27. The first-order valence-corrected chi connectivity index (χ1v) is 4.04. The lowest BCUT2D eigenvalue weighted by Crippen LogP contribution is -2.04. The minimum atomic E-state index is -3.11. The number of ether oxygens (including phenoxy) is 1. The van der Waals surface area contributed by atoms with E-state index in [0.717, 1.165) is 12.3 Å². The van der Waals surface area contributed by atoms with Gasteiger partial charge in [-0.25, -0.2) is 4.98 Å². The maximum Gasteiger partial charge on any atom is 0.387 e. The van der Waals surface area contributed by atoms with Crippen molar-refractivity contribution in [1.82, 2.24) is 4.98 Å². The van der Waals surface area contributed by atoms with Crippen LogP contribution >= 0.6 is 15.9 Å². The molecule has 0 aliphatic rings. The molecule has 0 N–H and O–H groups in total. The van der Waals surface area contributed by atoms with Crippen molar-refractivity contribution in [3.63, 3.8) is 0 Å². The van der Waals surface area contributed by atoms with Crippen LogP contribution in [0.5, 0.6) is 5.75 Å². The molecule has 0 bridgehead atoms.